The minimum absolute atomic E-state index is 0.259. The second-order valence-electron chi connectivity index (χ2n) is 5.34. The SMILES string of the molecule is O=C1Nc2cc(N3CCc4ccc(F)cc43)ccc2C1O. The predicted molar refractivity (Wildman–Crippen MR) is 77.1 cm³/mol. The molecular weight excluding hydrogens is 271 g/mol. The number of anilines is 3. The summed E-state index contributed by atoms with van der Waals surface area (Å²) in [4.78, 5) is 13.5. The molecule has 21 heavy (non-hydrogen) atoms. The van der Waals surface area contributed by atoms with Crippen LogP contribution in [0.4, 0.5) is 21.5 Å². The van der Waals surface area contributed by atoms with Crippen molar-refractivity contribution < 1.29 is 14.3 Å². The molecule has 2 aliphatic heterocycles. The molecule has 0 radical (unpaired) electrons. The van der Waals surface area contributed by atoms with E-state index in [1.807, 2.05) is 23.1 Å². The van der Waals surface area contributed by atoms with Crippen LogP contribution in [0.25, 0.3) is 0 Å². The van der Waals surface area contributed by atoms with E-state index in [9.17, 15) is 14.3 Å². The molecule has 2 aromatic rings. The van der Waals surface area contributed by atoms with Crippen molar-refractivity contribution in [3.8, 4) is 0 Å². The maximum atomic E-state index is 13.5. The van der Waals surface area contributed by atoms with Crippen molar-refractivity contribution in [1.29, 1.82) is 0 Å². The number of hydrogen-bond donors (Lipinski definition) is 2. The predicted octanol–water partition coefficient (Wildman–Crippen LogP) is 2.51. The van der Waals surface area contributed by atoms with Gasteiger partial charge in [-0.3, -0.25) is 4.79 Å². The Morgan fingerprint density at radius 3 is 2.95 bits per heavy atom. The van der Waals surface area contributed by atoms with E-state index in [4.69, 9.17) is 0 Å². The summed E-state index contributed by atoms with van der Waals surface area (Å²) in [5.41, 5.74) is 4.06. The summed E-state index contributed by atoms with van der Waals surface area (Å²) in [6.45, 7) is 0.772. The summed E-state index contributed by atoms with van der Waals surface area (Å²) in [6, 6.07) is 10.2. The van der Waals surface area contributed by atoms with Crippen LogP contribution in [0.1, 0.15) is 17.2 Å². The number of halogens is 1. The first-order valence-electron chi connectivity index (χ1n) is 6.82. The number of carbonyl (C=O) groups is 1. The van der Waals surface area contributed by atoms with E-state index in [2.05, 4.69) is 5.32 Å². The van der Waals surface area contributed by atoms with Crippen LogP contribution in [0.2, 0.25) is 0 Å². The number of nitrogens with zero attached hydrogens (tertiary/aromatic N) is 1. The molecule has 106 valence electrons. The van der Waals surface area contributed by atoms with Gasteiger partial charge in [0.15, 0.2) is 6.10 Å². The summed E-state index contributed by atoms with van der Waals surface area (Å²) in [7, 11) is 0. The average molecular weight is 284 g/mol. The first-order valence-corrected chi connectivity index (χ1v) is 6.82. The Bertz CT molecular complexity index is 760. The highest BCUT2D eigenvalue weighted by molar-refractivity contribution is 6.02. The zero-order valence-electron chi connectivity index (χ0n) is 11.1. The number of aliphatic hydroxyl groups is 1. The van der Waals surface area contributed by atoms with Gasteiger partial charge in [0.2, 0.25) is 0 Å². The highest BCUT2D eigenvalue weighted by atomic mass is 19.1. The number of benzene rings is 2. The topological polar surface area (TPSA) is 52.6 Å². The van der Waals surface area contributed by atoms with Crippen molar-refractivity contribution in [3.63, 3.8) is 0 Å². The van der Waals surface area contributed by atoms with E-state index in [-0.39, 0.29) is 5.82 Å². The molecule has 5 heteroatoms. The van der Waals surface area contributed by atoms with Crippen LogP contribution in [-0.2, 0) is 11.2 Å². The molecule has 0 aromatic heterocycles. The molecule has 2 N–H and O–H groups in total. The fraction of sp³-hybridized carbons (Fsp3) is 0.188. The molecule has 2 aliphatic rings. The number of nitrogens with one attached hydrogen (secondary N) is 1. The van der Waals surface area contributed by atoms with E-state index in [0.29, 0.717) is 11.3 Å². The zero-order valence-corrected chi connectivity index (χ0v) is 11.1. The quantitative estimate of drug-likeness (QED) is 0.846. The van der Waals surface area contributed by atoms with Crippen LogP contribution < -0.4 is 10.2 Å². The molecule has 1 unspecified atom stereocenters. The Hall–Kier alpha value is -2.40. The molecule has 4 rings (SSSR count). The summed E-state index contributed by atoms with van der Waals surface area (Å²) >= 11 is 0. The molecule has 0 spiro atoms. The van der Waals surface area contributed by atoms with Crippen LogP contribution in [-0.4, -0.2) is 17.6 Å². The van der Waals surface area contributed by atoms with Gasteiger partial charge in [0.05, 0.1) is 0 Å². The molecule has 0 saturated heterocycles. The van der Waals surface area contributed by atoms with Crippen LogP contribution in [0.15, 0.2) is 36.4 Å². The number of amides is 1. The Balaban J connectivity index is 1.76. The largest absolute Gasteiger partial charge is 0.378 e. The second kappa shape index (κ2) is 4.30. The van der Waals surface area contributed by atoms with Gasteiger partial charge in [-0.05, 0) is 36.2 Å². The third kappa shape index (κ3) is 1.81. The van der Waals surface area contributed by atoms with Crippen LogP contribution in [0.3, 0.4) is 0 Å². The Labute approximate surface area is 120 Å². The lowest BCUT2D eigenvalue weighted by Crippen LogP contribution is -2.13. The standard InChI is InChI=1S/C16H13FN2O2/c17-10-2-1-9-5-6-19(14(9)7-10)11-3-4-12-13(8-11)18-16(21)15(12)20/h1-4,7-8,15,20H,5-6H2,(H,18,21). The maximum absolute atomic E-state index is 13.5. The number of fused-ring (bicyclic) bond motifs is 2. The molecule has 2 heterocycles. The van der Waals surface area contributed by atoms with Crippen molar-refractivity contribution in [2.75, 3.05) is 16.8 Å². The van der Waals surface area contributed by atoms with Crippen molar-refractivity contribution in [2.45, 2.75) is 12.5 Å². The van der Waals surface area contributed by atoms with Crippen molar-refractivity contribution in [3.05, 3.63) is 53.3 Å². The molecule has 2 aromatic carbocycles. The van der Waals surface area contributed by atoms with Crippen LogP contribution in [0, 0.1) is 5.82 Å². The maximum Gasteiger partial charge on any atom is 0.257 e. The lowest BCUT2D eigenvalue weighted by molar-refractivity contribution is -0.123. The fourth-order valence-corrected chi connectivity index (χ4v) is 3.02. The van der Waals surface area contributed by atoms with Gasteiger partial charge in [-0.25, -0.2) is 4.39 Å². The molecule has 0 saturated carbocycles. The van der Waals surface area contributed by atoms with Gasteiger partial charge in [-0.1, -0.05) is 12.1 Å². The number of aliphatic hydroxyl groups excluding tert-OH is 1. The lowest BCUT2D eigenvalue weighted by Gasteiger charge is -2.20. The van der Waals surface area contributed by atoms with Crippen molar-refractivity contribution in [1.82, 2.24) is 0 Å². The van der Waals surface area contributed by atoms with Gasteiger partial charge < -0.3 is 15.3 Å². The molecule has 0 fully saturated rings. The first kappa shape index (κ1) is 12.3. The smallest absolute Gasteiger partial charge is 0.257 e. The highest BCUT2D eigenvalue weighted by Gasteiger charge is 2.29. The molecule has 1 amide bonds. The molecule has 0 bridgehead atoms. The van der Waals surface area contributed by atoms with Gasteiger partial charge in [0.1, 0.15) is 5.82 Å². The monoisotopic (exact) mass is 284 g/mol. The van der Waals surface area contributed by atoms with Crippen molar-refractivity contribution in [2.24, 2.45) is 0 Å². The highest BCUT2D eigenvalue weighted by Crippen LogP contribution is 2.39. The van der Waals surface area contributed by atoms with Gasteiger partial charge in [-0.2, -0.15) is 0 Å². The summed E-state index contributed by atoms with van der Waals surface area (Å²) in [6.07, 6.45) is -0.237. The van der Waals surface area contributed by atoms with E-state index in [0.717, 1.165) is 29.9 Å². The zero-order chi connectivity index (χ0) is 14.6. The van der Waals surface area contributed by atoms with Crippen LogP contribution >= 0.6 is 0 Å². The van der Waals surface area contributed by atoms with E-state index < -0.39 is 12.0 Å². The number of hydrogen-bond acceptors (Lipinski definition) is 3. The van der Waals surface area contributed by atoms with Gasteiger partial charge >= 0.3 is 0 Å². The minimum Gasteiger partial charge on any atom is -0.378 e. The molecule has 0 aliphatic carbocycles. The van der Waals surface area contributed by atoms with Crippen molar-refractivity contribution >= 4 is 23.0 Å². The number of carbonyl (C=O) groups excluding carboxylic acids is 1. The first-order chi connectivity index (χ1) is 10.1. The van der Waals surface area contributed by atoms with Gasteiger partial charge in [-0.15, -0.1) is 0 Å². The average Bonchev–Trinajstić information content (AvgIpc) is 3.00. The third-order valence-corrected chi connectivity index (χ3v) is 4.09. The third-order valence-electron chi connectivity index (χ3n) is 4.09. The van der Waals surface area contributed by atoms with Gasteiger partial charge in [0, 0.05) is 29.2 Å². The second-order valence-corrected chi connectivity index (χ2v) is 5.34. The van der Waals surface area contributed by atoms with E-state index >= 15 is 0 Å². The Kier molecular flexibility index (Phi) is 2.53. The molecular formula is C16H13FN2O2. The number of rotatable bonds is 1. The summed E-state index contributed by atoms with van der Waals surface area (Å²) in [5, 5.41) is 12.4. The van der Waals surface area contributed by atoms with E-state index in [1.165, 1.54) is 12.1 Å². The fourth-order valence-electron chi connectivity index (χ4n) is 3.02. The summed E-state index contributed by atoms with van der Waals surface area (Å²) in [5.74, 6) is -0.666. The molecule has 4 nitrogen and oxygen atoms in total. The Morgan fingerprint density at radius 1 is 1.24 bits per heavy atom. The van der Waals surface area contributed by atoms with Gasteiger partial charge in [0.25, 0.3) is 5.91 Å². The summed E-state index contributed by atoms with van der Waals surface area (Å²) < 4.78 is 13.5. The minimum atomic E-state index is -1.10. The molecule has 1 atom stereocenters. The van der Waals surface area contributed by atoms with Crippen LogP contribution in [0.5, 0.6) is 0 Å². The lowest BCUT2D eigenvalue weighted by atomic mass is 10.1. The van der Waals surface area contributed by atoms with E-state index in [1.54, 1.807) is 6.07 Å². The normalized spacial score (nSPS) is 19.4. The Morgan fingerprint density at radius 2 is 2.10 bits per heavy atom.